The van der Waals surface area contributed by atoms with E-state index in [0.717, 1.165) is 18.9 Å². The molecular weight excluding hydrogens is 298 g/mol. The van der Waals surface area contributed by atoms with Gasteiger partial charge in [0.15, 0.2) is 0 Å². The summed E-state index contributed by atoms with van der Waals surface area (Å²) in [6.45, 7) is 2.16. The average Bonchev–Trinajstić information content (AvgIpc) is 3.18. The number of pyridine rings is 1. The Morgan fingerprint density at radius 1 is 1.29 bits per heavy atom. The summed E-state index contributed by atoms with van der Waals surface area (Å²) in [5.74, 6) is 1.03. The molecule has 5 heteroatoms. The Morgan fingerprint density at radius 2 is 2.29 bits per heavy atom. The van der Waals surface area contributed by atoms with Gasteiger partial charge in [-0.3, -0.25) is 0 Å². The predicted octanol–water partition coefficient (Wildman–Crippen LogP) is 4.19. The van der Waals surface area contributed by atoms with E-state index in [0.29, 0.717) is 6.04 Å². The van der Waals surface area contributed by atoms with Crippen LogP contribution in [0.25, 0.3) is 19.8 Å². The first-order valence-corrected chi connectivity index (χ1v) is 8.99. The monoisotopic (exact) mass is 315 g/mol. The third-order valence-corrected chi connectivity index (χ3v) is 6.01. The Kier molecular flexibility index (Phi) is 3.63. The first-order chi connectivity index (χ1) is 10.4. The number of nitrogens with zero attached hydrogens (tertiary/aromatic N) is 1. The van der Waals surface area contributed by atoms with E-state index < -0.39 is 0 Å². The Labute approximate surface area is 132 Å². The molecule has 0 unspecified atom stereocenters. The van der Waals surface area contributed by atoms with Crippen LogP contribution in [-0.2, 0) is 0 Å². The summed E-state index contributed by atoms with van der Waals surface area (Å²) in [5, 5.41) is 10.4. The maximum absolute atomic E-state index is 4.57. The van der Waals surface area contributed by atoms with Crippen LogP contribution in [0.5, 0.6) is 0 Å². The molecule has 3 aromatic rings. The smallest absolute Gasteiger partial charge is 0.134 e. The van der Waals surface area contributed by atoms with Crippen LogP contribution in [0.15, 0.2) is 35.8 Å². The number of anilines is 1. The number of hydrogen-bond donors (Lipinski definition) is 2. The Hall–Kier alpha value is -1.43. The highest BCUT2D eigenvalue weighted by molar-refractivity contribution is 7.25. The van der Waals surface area contributed by atoms with Crippen LogP contribution in [0.3, 0.4) is 0 Å². The molecule has 0 aromatic carbocycles. The molecule has 0 saturated carbocycles. The minimum atomic E-state index is 0.488. The molecule has 108 valence electrons. The maximum Gasteiger partial charge on any atom is 0.134 e. The van der Waals surface area contributed by atoms with Crippen molar-refractivity contribution in [1.82, 2.24) is 10.3 Å². The van der Waals surface area contributed by atoms with Crippen LogP contribution in [-0.4, -0.2) is 24.1 Å². The molecule has 1 saturated heterocycles. The zero-order valence-corrected chi connectivity index (χ0v) is 13.3. The van der Waals surface area contributed by atoms with Gasteiger partial charge in [-0.05, 0) is 43.0 Å². The number of aromatic nitrogens is 1. The summed E-state index contributed by atoms with van der Waals surface area (Å²) in [6, 6.07) is 9.16. The number of fused-ring (bicyclic) bond motifs is 1. The van der Waals surface area contributed by atoms with Crippen molar-refractivity contribution in [3.05, 3.63) is 35.8 Å². The fourth-order valence-electron chi connectivity index (χ4n) is 2.79. The molecule has 1 atom stereocenters. The molecular formula is C16H17N3S2. The second-order valence-electron chi connectivity index (χ2n) is 5.35. The van der Waals surface area contributed by atoms with E-state index in [4.69, 9.17) is 0 Å². The lowest BCUT2D eigenvalue weighted by molar-refractivity contribution is 0.479. The van der Waals surface area contributed by atoms with Crippen LogP contribution >= 0.6 is 22.7 Å². The molecule has 4 rings (SSSR count). The van der Waals surface area contributed by atoms with Gasteiger partial charge in [-0.25, -0.2) is 4.98 Å². The van der Waals surface area contributed by atoms with Gasteiger partial charge in [0.25, 0.3) is 0 Å². The predicted molar refractivity (Wildman–Crippen MR) is 92.4 cm³/mol. The van der Waals surface area contributed by atoms with Crippen LogP contribution in [0.4, 0.5) is 5.82 Å². The minimum absolute atomic E-state index is 0.488. The van der Waals surface area contributed by atoms with Gasteiger partial charge >= 0.3 is 0 Å². The number of nitrogens with one attached hydrogen (secondary N) is 2. The second-order valence-corrected chi connectivity index (χ2v) is 7.38. The molecule has 0 aliphatic carbocycles. The third-order valence-electron chi connectivity index (χ3n) is 3.85. The van der Waals surface area contributed by atoms with Crippen molar-refractivity contribution in [2.24, 2.45) is 0 Å². The summed E-state index contributed by atoms with van der Waals surface area (Å²) in [4.78, 5) is 7.23. The SMILES string of the molecule is c1csc(-c2cc3c(N[C@H]4CCCNC4)nccc3s2)c1. The van der Waals surface area contributed by atoms with Crippen molar-refractivity contribution in [2.75, 3.05) is 18.4 Å². The lowest BCUT2D eigenvalue weighted by Gasteiger charge is -2.24. The highest BCUT2D eigenvalue weighted by Gasteiger charge is 2.15. The fraction of sp³-hybridized carbons (Fsp3) is 0.312. The molecule has 0 bridgehead atoms. The van der Waals surface area contributed by atoms with Crippen molar-refractivity contribution < 1.29 is 0 Å². The zero-order valence-electron chi connectivity index (χ0n) is 11.6. The quantitative estimate of drug-likeness (QED) is 0.761. The summed E-state index contributed by atoms with van der Waals surface area (Å²) >= 11 is 3.64. The molecule has 0 amide bonds. The summed E-state index contributed by atoms with van der Waals surface area (Å²) < 4.78 is 1.31. The van der Waals surface area contributed by atoms with Crippen molar-refractivity contribution in [2.45, 2.75) is 18.9 Å². The van der Waals surface area contributed by atoms with Gasteiger partial charge in [0.05, 0.1) is 0 Å². The van der Waals surface area contributed by atoms with Crippen molar-refractivity contribution in [1.29, 1.82) is 0 Å². The maximum atomic E-state index is 4.57. The third kappa shape index (κ3) is 2.69. The molecule has 3 nitrogen and oxygen atoms in total. The number of hydrogen-bond acceptors (Lipinski definition) is 5. The van der Waals surface area contributed by atoms with Crippen LogP contribution < -0.4 is 10.6 Å². The van der Waals surface area contributed by atoms with E-state index >= 15 is 0 Å². The summed E-state index contributed by atoms with van der Waals surface area (Å²) in [6.07, 6.45) is 4.36. The second kappa shape index (κ2) is 5.75. The fourth-order valence-corrected chi connectivity index (χ4v) is 4.67. The van der Waals surface area contributed by atoms with Crippen LogP contribution in [0, 0.1) is 0 Å². The lowest BCUT2D eigenvalue weighted by Crippen LogP contribution is -2.38. The van der Waals surface area contributed by atoms with Crippen LogP contribution in [0.2, 0.25) is 0 Å². The highest BCUT2D eigenvalue weighted by Crippen LogP contribution is 2.38. The van der Waals surface area contributed by atoms with E-state index in [1.54, 1.807) is 11.3 Å². The first-order valence-electron chi connectivity index (χ1n) is 7.30. The molecule has 3 aromatic heterocycles. The number of piperidine rings is 1. The van der Waals surface area contributed by atoms with Gasteiger partial charge in [0, 0.05) is 38.6 Å². The average molecular weight is 315 g/mol. The van der Waals surface area contributed by atoms with E-state index in [9.17, 15) is 0 Å². The molecule has 21 heavy (non-hydrogen) atoms. The van der Waals surface area contributed by atoms with Crippen molar-refractivity contribution in [3.63, 3.8) is 0 Å². The molecule has 2 N–H and O–H groups in total. The van der Waals surface area contributed by atoms with E-state index in [1.165, 1.54) is 32.7 Å². The molecule has 1 aliphatic rings. The van der Waals surface area contributed by atoms with Gasteiger partial charge in [-0.1, -0.05) is 6.07 Å². The first kappa shape index (κ1) is 13.2. The van der Waals surface area contributed by atoms with Gasteiger partial charge in [-0.2, -0.15) is 0 Å². The van der Waals surface area contributed by atoms with Gasteiger partial charge in [0.1, 0.15) is 5.82 Å². The molecule has 0 spiro atoms. The van der Waals surface area contributed by atoms with Gasteiger partial charge in [0.2, 0.25) is 0 Å². The number of thiophene rings is 2. The lowest BCUT2D eigenvalue weighted by atomic mass is 10.1. The van der Waals surface area contributed by atoms with E-state index in [2.05, 4.69) is 45.3 Å². The molecule has 4 heterocycles. The Morgan fingerprint density at radius 3 is 3.10 bits per heavy atom. The van der Waals surface area contributed by atoms with E-state index in [1.807, 2.05) is 17.5 Å². The Balaban J connectivity index is 1.68. The normalized spacial score (nSPS) is 19.0. The van der Waals surface area contributed by atoms with Gasteiger partial charge in [-0.15, -0.1) is 22.7 Å². The largest absolute Gasteiger partial charge is 0.366 e. The molecule has 1 aliphatic heterocycles. The molecule has 1 fully saturated rings. The molecule has 0 radical (unpaired) electrons. The van der Waals surface area contributed by atoms with Crippen molar-refractivity contribution >= 4 is 38.6 Å². The topological polar surface area (TPSA) is 37.0 Å². The number of rotatable bonds is 3. The zero-order chi connectivity index (χ0) is 14.1. The summed E-state index contributed by atoms with van der Waals surface area (Å²) in [5.41, 5.74) is 0. The van der Waals surface area contributed by atoms with Crippen molar-refractivity contribution in [3.8, 4) is 9.75 Å². The Bertz CT molecular complexity index is 727. The van der Waals surface area contributed by atoms with Gasteiger partial charge < -0.3 is 10.6 Å². The van der Waals surface area contributed by atoms with E-state index in [-0.39, 0.29) is 0 Å². The minimum Gasteiger partial charge on any atom is -0.366 e. The van der Waals surface area contributed by atoms with Crippen LogP contribution in [0.1, 0.15) is 12.8 Å². The highest BCUT2D eigenvalue weighted by atomic mass is 32.1. The standard InChI is InChI=1S/C16H17N3S2/c1-3-11(10-17-6-1)19-16-12-9-15(14-4-2-8-20-14)21-13(12)5-7-18-16/h2,4-5,7-9,11,17H,1,3,6,10H2,(H,18,19)/t11-/m0/s1. The summed E-state index contributed by atoms with van der Waals surface area (Å²) in [7, 11) is 0.